The molecule has 1 aromatic rings. The van der Waals surface area contributed by atoms with Gasteiger partial charge in [-0.2, -0.15) is 0 Å². The smallest absolute Gasteiger partial charge is 0.411 e. The molecule has 2 N–H and O–H groups in total. The maximum atomic E-state index is 12.2. The van der Waals surface area contributed by atoms with Crippen LogP contribution in [0.25, 0.3) is 0 Å². The van der Waals surface area contributed by atoms with E-state index >= 15 is 0 Å². The lowest BCUT2D eigenvalue weighted by atomic mass is 10.2. The summed E-state index contributed by atoms with van der Waals surface area (Å²) < 4.78 is 36.8. The third-order valence-electron chi connectivity index (χ3n) is 2.68. The molecule has 0 unspecified atom stereocenters. The predicted octanol–water partition coefficient (Wildman–Crippen LogP) is 2.20. The number of nitrogens with one attached hydrogen (secondary N) is 2. The Morgan fingerprint density at radius 3 is 2.55 bits per heavy atom. The van der Waals surface area contributed by atoms with Gasteiger partial charge in [-0.1, -0.05) is 13.8 Å². The van der Waals surface area contributed by atoms with E-state index in [1.54, 1.807) is 6.92 Å². The molecule has 0 heterocycles. The maximum Gasteiger partial charge on any atom is 0.411 e. The van der Waals surface area contributed by atoms with E-state index in [9.17, 15) is 13.2 Å². The Balaban J connectivity index is 3.05. The van der Waals surface area contributed by atoms with E-state index in [0.29, 0.717) is 12.3 Å². The quantitative estimate of drug-likeness (QED) is 0.799. The van der Waals surface area contributed by atoms with Gasteiger partial charge in [0.15, 0.2) is 0 Å². The molecule has 0 aliphatic heterocycles. The lowest BCUT2D eigenvalue weighted by molar-refractivity contribution is 0.168. The zero-order chi connectivity index (χ0) is 16.8. The molecule has 0 saturated heterocycles. The van der Waals surface area contributed by atoms with Gasteiger partial charge in [-0.15, -0.1) is 0 Å². The van der Waals surface area contributed by atoms with Crippen molar-refractivity contribution in [3.05, 3.63) is 18.2 Å². The zero-order valence-electron chi connectivity index (χ0n) is 13.2. The van der Waals surface area contributed by atoms with Gasteiger partial charge in [0.1, 0.15) is 5.75 Å². The SMILES string of the molecule is CCOC(=O)Nc1cc(S(=O)(=O)NCC(C)C)ccc1OC. The molecule has 0 spiro atoms. The minimum absolute atomic E-state index is 0.0424. The Morgan fingerprint density at radius 1 is 1.32 bits per heavy atom. The third kappa shape index (κ3) is 5.19. The van der Waals surface area contributed by atoms with Gasteiger partial charge in [0.05, 0.1) is 24.3 Å². The van der Waals surface area contributed by atoms with Crippen molar-refractivity contribution >= 4 is 21.8 Å². The molecule has 0 aliphatic carbocycles. The van der Waals surface area contributed by atoms with E-state index in [0.717, 1.165) is 0 Å². The number of carbonyl (C=O) groups is 1. The molecule has 1 amide bonds. The van der Waals surface area contributed by atoms with Crippen LogP contribution in [0.3, 0.4) is 0 Å². The van der Waals surface area contributed by atoms with Gasteiger partial charge in [-0.3, -0.25) is 5.32 Å². The van der Waals surface area contributed by atoms with Crippen molar-refractivity contribution in [2.45, 2.75) is 25.7 Å². The molecule has 0 aliphatic rings. The number of sulfonamides is 1. The molecule has 0 fully saturated rings. The number of hydrogen-bond acceptors (Lipinski definition) is 5. The maximum absolute atomic E-state index is 12.2. The monoisotopic (exact) mass is 330 g/mol. The summed E-state index contributed by atoms with van der Waals surface area (Å²) in [5.74, 6) is 0.529. The Bertz CT molecular complexity index is 614. The summed E-state index contributed by atoms with van der Waals surface area (Å²) in [6, 6.07) is 4.22. The van der Waals surface area contributed by atoms with Gasteiger partial charge in [-0.05, 0) is 31.0 Å². The van der Waals surface area contributed by atoms with Crippen molar-refractivity contribution in [1.82, 2.24) is 4.72 Å². The lowest BCUT2D eigenvalue weighted by Crippen LogP contribution is -2.27. The van der Waals surface area contributed by atoms with Gasteiger partial charge in [0, 0.05) is 6.54 Å². The van der Waals surface area contributed by atoms with Crippen molar-refractivity contribution in [1.29, 1.82) is 0 Å². The number of carbonyl (C=O) groups excluding carboxylic acids is 1. The summed E-state index contributed by atoms with van der Waals surface area (Å²) in [7, 11) is -2.22. The van der Waals surface area contributed by atoms with Crippen molar-refractivity contribution in [3.8, 4) is 5.75 Å². The summed E-state index contributed by atoms with van der Waals surface area (Å²) in [4.78, 5) is 11.5. The summed E-state index contributed by atoms with van der Waals surface area (Å²) in [6.07, 6.45) is -0.675. The molecule has 1 aromatic carbocycles. The molecule has 0 radical (unpaired) electrons. The molecular weight excluding hydrogens is 308 g/mol. The molecule has 0 aromatic heterocycles. The largest absolute Gasteiger partial charge is 0.495 e. The second kappa shape index (κ2) is 8.00. The zero-order valence-corrected chi connectivity index (χ0v) is 14.0. The van der Waals surface area contributed by atoms with Crippen LogP contribution in [0, 0.1) is 5.92 Å². The fraction of sp³-hybridized carbons (Fsp3) is 0.500. The molecule has 1 rings (SSSR count). The van der Waals surface area contributed by atoms with Crippen molar-refractivity contribution in [2.75, 3.05) is 25.6 Å². The van der Waals surface area contributed by atoms with Gasteiger partial charge in [0.25, 0.3) is 0 Å². The normalized spacial score (nSPS) is 11.3. The first-order valence-electron chi connectivity index (χ1n) is 6.91. The van der Waals surface area contributed by atoms with Crippen LogP contribution in [0.2, 0.25) is 0 Å². The Morgan fingerprint density at radius 2 is 2.00 bits per heavy atom. The van der Waals surface area contributed by atoms with Crippen LogP contribution in [0.15, 0.2) is 23.1 Å². The predicted molar refractivity (Wildman–Crippen MR) is 83.7 cm³/mol. The highest BCUT2D eigenvalue weighted by Gasteiger charge is 2.18. The number of ether oxygens (including phenoxy) is 2. The first-order chi connectivity index (χ1) is 10.3. The van der Waals surface area contributed by atoms with Gasteiger partial charge < -0.3 is 9.47 Å². The average molecular weight is 330 g/mol. The Hall–Kier alpha value is -1.80. The lowest BCUT2D eigenvalue weighted by Gasteiger charge is -2.13. The van der Waals surface area contributed by atoms with E-state index in [1.807, 2.05) is 13.8 Å². The number of benzene rings is 1. The van der Waals surface area contributed by atoms with Crippen LogP contribution < -0.4 is 14.8 Å². The average Bonchev–Trinajstić information content (AvgIpc) is 2.45. The van der Waals surface area contributed by atoms with Crippen molar-refractivity contribution in [3.63, 3.8) is 0 Å². The number of anilines is 1. The molecular formula is C14H22N2O5S. The summed E-state index contributed by atoms with van der Waals surface area (Å²) in [5, 5.41) is 2.46. The van der Waals surface area contributed by atoms with Crippen LogP contribution in [0.1, 0.15) is 20.8 Å². The number of rotatable bonds is 7. The molecule has 7 nitrogen and oxygen atoms in total. The fourth-order valence-corrected chi connectivity index (χ4v) is 2.83. The van der Waals surface area contributed by atoms with E-state index in [1.165, 1.54) is 25.3 Å². The first-order valence-corrected chi connectivity index (χ1v) is 8.40. The van der Waals surface area contributed by atoms with Crippen LogP contribution in [0.4, 0.5) is 10.5 Å². The third-order valence-corrected chi connectivity index (χ3v) is 4.10. The molecule has 8 heteroatoms. The van der Waals surface area contributed by atoms with E-state index in [2.05, 4.69) is 10.0 Å². The Labute approximate surface area is 131 Å². The standard InChI is InChI=1S/C14H22N2O5S/c1-5-21-14(17)16-12-8-11(6-7-13(12)20-4)22(18,19)15-9-10(2)3/h6-8,10,15H,5,9H2,1-4H3,(H,16,17). The highest BCUT2D eigenvalue weighted by molar-refractivity contribution is 7.89. The second-order valence-electron chi connectivity index (χ2n) is 4.95. The minimum Gasteiger partial charge on any atom is -0.495 e. The molecule has 0 bridgehead atoms. The molecule has 0 atom stereocenters. The highest BCUT2D eigenvalue weighted by atomic mass is 32.2. The Kier molecular flexibility index (Phi) is 6.63. The van der Waals surface area contributed by atoms with E-state index < -0.39 is 16.1 Å². The van der Waals surface area contributed by atoms with Crippen molar-refractivity contribution in [2.24, 2.45) is 5.92 Å². The fourth-order valence-electron chi connectivity index (χ4n) is 1.59. The van der Waals surface area contributed by atoms with Crippen molar-refractivity contribution < 1.29 is 22.7 Å². The minimum atomic E-state index is -3.65. The molecule has 0 saturated carbocycles. The topological polar surface area (TPSA) is 93.7 Å². The van der Waals surface area contributed by atoms with Crippen LogP contribution >= 0.6 is 0 Å². The highest BCUT2D eigenvalue weighted by Crippen LogP contribution is 2.27. The van der Waals surface area contributed by atoms with Gasteiger partial charge in [0.2, 0.25) is 10.0 Å². The molecule has 124 valence electrons. The van der Waals surface area contributed by atoms with Crippen LogP contribution in [-0.2, 0) is 14.8 Å². The van der Waals surface area contributed by atoms with E-state index in [4.69, 9.17) is 9.47 Å². The van der Waals surface area contributed by atoms with Crippen LogP contribution in [0.5, 0.6) is 5.75 Å². The summed E-state index contributed by atoms with van der Waals surface area (Å²) >= 11 is 0. The second-order valence-corrected chi connectivity index (χ2v) is 6.72. The summed E-state index contributed by atoms with van der Waals surface area (Å²) in [6.45, 7) is 6.03. The molecule has 22 heavy (non-hydrogen) atoms. The number of hydrogen-bond donors (Lipinski definition) is 2. The van der Waals surface area contributed by atoms with Gasteiger partial charge >= 0.3 is 6.09 Å². The van der Waals surface area contributed by atoms with Gasteiger partial charge in [-0.25, -0.2) is 17.9 Å². The number of methoxy groups -OCH3 is 1. The van der Waals surface area contributed by atoms with Crippen LogP contribution in [-0.4, -0.2) is 34.8 Å². The first kappa shape index (κ1) is 18.2. The van der Waals surface area contributed by atoms with E-state index in [-0.39, 0.29) is 23.1 Å². The summed E-state index contributed by atoms with van der Waals surface area (Å²) in [5.41, 5.74) is 0.230. The number of amides is 1.